The van der Waals surface area contributed by atoms with E-state index in [2.05, 4.69) is 13.8 Å². The first kappa shape index (κ1) is 41.4. The number of hydrogen-bond acceptors (Lipinski definition) is 8. The van der Waals surface area contributed by atoms with E-state index in [-0.39, 0.29) is 0 Å². The van der Waals surface area contributed by atoms with Gasteiger partial charge in [-0.1, -0.05) is 61.8 Å². The minimum atomic E-state index is -1.27. The van der Waals surface area contributed by atoms with Crippen LogP contribution in [0.2, 0.25) is 5.02 Å². The highest BCUT2D eigenvalue weighted by Gasteiger charge is 2.34. The Morgan fingerprint density at radius 2 is 1.23 bits per heavy atom. The van der Waals surface area contributed by atoms with Gasteiger partial charge in [-0.15, -0.1) is 22.7 Å². The van der Waals surface area contributed by atoms with Gasteiger partial charge in [-0.2, -0.15) is 0 Å². The van der Waals surface area contributed by atoms with Crippen LogP contribution in [0.25, 0.3) is 42.7 Å². The number of thiazole rings is 2. The van der Waals surface area contributed by atoms with Crippen LogP contribution in [0.4, 0.5) is 0 Å². The Balaban J connectivity index is 1.55. The van der Waals surface area contributed by atoms with Gasteiger partial charge in [-0.25, -0.2) is 19.6 Å². The Hall–Kier alpha value is -4.19. The molecule has 0 aliphatic heterocycles. The monoisotopic (exact) mass is 812 g/mol. The fraction of sp³-hybridized carbons (Fsp3) is 0.378. The SMILES string of the molecule is Cc1nc2cc(Cc3ccc(-c4c([C@H](OC(C)(C)C)C(=O)O)c(C)cc5nc(CC(C)C)sc45)cc3)c([C@H](OC(C)(C)C)C(=O)O)c(-c3ccc(Cl)cc3)c2s1. The molecule has 0 saturated carbocycles. The number of hydrogen-bond donors (Lipinski definition) is 2. The molecule has 0 spiro atoms. The number of carboxylic acids is 2. The number of carbonyl (C=O) groups is 2. The van der Waals surface area contributed by atoms with Crippen LogP contribution < -0.4 is 0 Å². The van der Waals surface area contributed by atoms with Crippen LogP contribution in [0.15, 0.2) is 60.7 Å². The maximum absolute atomic E-state index is 13.2. The van der Waals surface area contributed by atoms with Crippen LogP contribution in [0.5, 0.6) is 0 Å². The van der Waals surface area contributed by atoms with Gasteiger partial charge in [-0.3, -0.25) is 0 Å². The van der Waals surface area contributed by atoms with Crippen molar-refractivity contribution in [2.75, 3.05) is 0 Å². The Bertz CT molecular complexity index is 2420. The Labute approximate surface area is 341 Å². The third kappa shape index (κ3) is 9.16. The maximum Gasteiger partial charge on any atom is 0.337 e. The number of ether oxygens (including phenoxy) is 2. The second-order valence-electron chi connectivity index (χ2n) is 16.7. The molecule has 8 nitrogen and oxygen atoms in total. The average Bonchev–Trinajstić information content (AvgIpc) is 3.66. The fourth-order valence-electron chi connectivity index (χ4n) is 7.09. The zero-order valence-corrected chi connectivity index (χ0v) is 35.9. The Morgan fingerprint density at radius 3 is 1.77 bits per heavy atom. The van der Waals surface area contributed by atoms with Crippen molar-refractivity contribution >= 4 is 66.6 Å². The van der Waals surface area contributed by atoms with E-state index in [9.17, 15) is 19.8 Å². The highest BCUT2D eigenvalue weighted by molar-refractivity contribution is 7.19. The summed E-state index contributed by atoms with van der Waals surface area (Å²) < 4.78 is 14.4. The summed E-state index contributed by atoms with van der Waals surface area (Å²) in [6.07, 6.45) is -1.28. The molecular formula is C45H49ClN2O6S2. The van der Waals surface area contributed by atoms with Crippen molar-refractivity contribution in [2.45, 2.75) is 105 Å². The standard InChI is InChI=1S/C45H49ClN2O6S2/c1-23(2)19-33-48-31-20-24(3)34(38(42(49)50)53-44(5,6)7)36(41(31)56-33)27-13-11-26(12-14-27)21-29-22-32-40(55-25(4)47-32)37(28-15-17-30(46)18-16-28)35(29)39(43(51)52)54-45(8,9)10/h11-18,20,22-23,38-39H,19,21H2,1-10H3,(H,49,50)(H,51,52)/t38-,39-/m0/s1. The highest BCUT2D eigenvalue weighted by Crippen LogP contribution is 2.45. The molecule has 294 valence electrons. The van der Waals surface area contributed by atoms with Gasteiger partial charge in [0.25, 0.3) is 0 Å². The van der Waals surface area contributed by atoms with Gasteiger partial charge >= 0.3 is 11.9 Å². The first-order valence-electron chi connectivity index (χ1n) is 18.7. The zero-order chi connectivity index (χ0) is 40.9. The molecule has 0 saturated heterocycles. The molecule has 0 aliphatic rings. The summed E-state index contributed by atoms with van der Waals surface area (Å²) in [4.78, 5) is 35.9. The summed E-state index contributed by atoms with van der Waals surface area (Å²) in [5.41, 5.74) is 7.03. The summed E-state index contributed by atoms with van der Waals surface area (Å²) in [5, 5.41) is 23.8. The van der Waals surface area contributed by atoms with Gasteiger partial charge in [0, 0.05) is 33.7 Å². The third-order valence-electron chi connectivity index (χ3n) is 9.15. The van der Waals surface area contributed by atoms with Crippen LogP contribution >= 0.6 is 34.3 Å². The van der Waals surface area contributed by atoms with E-state index in [0.717, 1.165) is 75.8 Å². The summed E-state index contributed by atoms with van der Waals surface area (Å²) in [6.45, 7) is 19.3. The smallest absolute Gasteiger partial charge is 0.337 e. The lowest BCUT2D eigenvalue weighted by molar-refractivity contribution is -0.161. The molecule has 6 aromatic rings. The lowest BCUT2D eigenvalue weighted by Crippen LogP contribution is -2.28. The van der Waals surface area contributed by atoms with Gasteiger partial charge in [-0.05, 0) is 120 Å². The first-order chi connectivity index (χ1) is 26.2. The number of aliphatic carboxylic acids is 2. The second-order valence-corrected chi connectivity index (χ2v) is 19.4. The van der Waals surface area contributed by atoms with Gasteiger partial charge in [0.05, 0.1) is 41.7 Å². The van der Waals surface area contributed by atoms with Gasteiger partial charge in [0.1, 0.15) is 0 Å². The molecule has 2 atom stereocenters. The second kappa shape index (κ2) is 16.0. The number of benzene rings is 4. The maximum atomic E-state index is 13.2. The van der Waals surface area contributed by atoms with E-state index in [1.807, 2.05) is 104 Å². The van der Waals surface area contributed by atoms with Crippen LogP contribution in [-0.2, 0) is 31.9 Å². The van der Waals surface area contributed by atoms with Crippen molar-refractivity contribution in [3.05, 3.63) is 104 Å². The molecule has 0 fully saturated rings. The topological polar surface area (TPSA) is 119 Å². The van der Waals surface area contributed by atoms with E-state index in [4.69, 9.17) is 31.0 Å². The number of aryl methyl sites for hydroxylation is 2. The molecule has 0 unspecified atom stereocenters. The molecule has 11 heteroatoms. The van der Waals surface area contributed by atoms with Crippen molar-refractivity contribution in [1.29, 1.82) is 0 Å². The van der Waals surface area contributed by atoms with E-state index >= 15 is 0 Å². The van der Waals surface area contributed by atoms with Crippen LogP contribution in [0.1, 0.15) is 105 Å². The molecule has 56 heavy (non-hydrogen) atoms. The number of nitrogens with zero attached hydrogens (tertiary/aromatic N) is 2. The number of carboxylic acid groups (broad SMARTS) is 2. The Morgan fingerprint density at radius 1 is 0.732 bits per heavy atom. The predicted octanol–water partition coefficient (Wildman–Crippen LogP) is 12.2. The molecule has 0 bridgehead atoms. The van der Waals surface area contributed by atoms with Gasteiger partial charge in [0.2, 0.25) is 0 Å². The van der Waals surface area contributed by atoms with Crippen molar-refractivity contribution in [2.24, 2.45) is 5.92 Å². The molecule has 0 aliphatic carbocycles. The third-order valence-corrected chi connectivity index (χ3v) is 11.5. The molecule has 0 amide bonds. The Kier molecular flexibility index (Phi) is 11.8. The minimum absolute atomic E-state index is 0.389. The lowest BCUT2D eigenvalue weighted by atomic mass is 9.87. The average molecular weight is 813 g/mol. The number of halogens is 1. The lowest BCUT2D eigenvalue weighted by Gasteiger charge is -2.29. The minimum Gasteiger partial charge on any atom is -0.479 e. The van der Waals surface area contributed by atoms with Crippen molar-refractivity contribution in [3.63, 3.8) is 0 Å². The van der Waals surface area contributed by atoms with E-state index in [1.54, 1.807) is 23.5 Å². The first-order valence-corrected chi connectivity index (χ1v) is 20.7. The molecule has 2 aromatic heterocycles. The molecule has 6 rings (SSSR count). The fourth-order valence-corrected chi connectivity index (χ4v) is 9.53. The molecule has 2 N–H and O–H groups in total. The summed E-state index contributed by atoms with van der Waals surface area (Å²) in [6, 6.07) is 19.4. The summed E-state index contributed by atoms with van der Waals surface area (Å²) >= 11 is 9.44. The molecular weight excluding hydrogens is 764 g/mol. The zero-order valence-electron chi connectivity index (χ0n) is 33.5. The van der Waals surface area contributed by atoms with Gasteiger partial charge in [0.15, 0.2) is 12.2 Å². The number of fused-ring (bicyclic) bond motifs is 2. The van der Waals surface area contributed by atoms with Crippen LogP contribution in [-0.4, -0.2) is 43.3 Å². The van der Waals surface area contributed by atoms with Crippen molar-refractivity contribution < 1.29 is 29.3 Å². The van der Waals surface area contributed by atoms with Crippen molar-refractivity contribution in [1.82, 2.24) is 9.97 Å². The molecule has 4 aromatic carbocycles. The summed E-state index contributed by atoms with van der Waals surface area (Å²) in [7, 11) is 0. The van der Waals surface area contributed by atoms with Crippen LogP contribution in [0.3, 0.4) is 0 Å². The number of rotatable bonds is 12. The van der Waals surface area contributed by atoms with Crippen molar-refractivity contribution in [3.8, 4) is 22.3 Å². The predicted molar refractivity (Wildman–Crippen MR) is 228 cm³/mol. The molecule has 0 radical (unpaired) electrons. The highest BCUT2D eigenvalue weighted by atomic mass is 35.5. The van der Waals surface area contributed by atoms with E-state index in [0.29, 0.717) is 28.5 Å². The van der Waals surface area contributed by atoms with Crippen LogP contribution in [0, 0.1) is 19.8 Å². The largest absolute Gasteiger partial charge is 0.479 e. The summed E-state index contributed by atoms with van der Waals surface area (Å²) in [5.74, 6) is -1.74. The number of aromatic nitrogens is 2. The van der Waals surface area contributed by atoms with Gasteiger partial charge < -0.3 is 19.7 Å². The normalized spacial score (nSPS) is 13.5. The van der Waals surface area contributed by atoms with E-state index in [1.165, 1.54) is 11.3 Å². The van der Waals surface area contributed by atoms with E-state index < -0.39 is 35.3 Å². The molecule has 2 heterocycles. The quantitative estimate of drug-likeness (QED) is 0.125.